The molecule has 14 heavy (non-hydrogen) atoms. The molecule has 1 aliphatic heterocycles. The Morgan fingerprint density at radius 3 is 2.64 bits per heavy atom. The van der Waals surface area contributed by atoms with Crippen LogP contribution in [-0.4, -0.2) is 28.3 Å². The summed E-state index contributed by atoms with van der Waals surface area (Å²) in [6.07, 6.45) is 0. The normalized spacial score (nSPS) is 15.9. The molecule has 3 heteroatoms. The highest BCUT2D eigenvalue weighted by Crippen LogP contribution is 2.23. The fourth-order valence-corrected chi connectivity index (χ4v) is 1.92. The summed E-state index contributed by atoms with van der Waals surface area (Å²) < 4.78 is 0. The van der Waals surface area contributed by atoms with E-state index in [4.69, 9.17) is 10.2 Å². The number of aliphatic hydroxyl groups excluding tert-OH is 2. The van der Waals surface area contributed by atoms with Crippen molar-refractivity contribution in [1.29, 1.82) is 0 Å². The molecule has 0 aliphatic carbocycles. The van der Waals surface area contributed by atoms with Gasteiger partial charge in [-0.05, 0) is 16.7 Å². The lowest BCUT2D eigenvalue weighted by molar-refractivity contribution is 0.198. The van der Waals surface area contributed by atoms with Crippen molar-refractivity contribution in [1.82, 2.24) is 4.90 Å². The lowest BCUT2D eigenvalue weighted by atomic mass is 10.1. The van der Waals surface area contributed by atoms with Crippen molar-refractivity contribution in [3.8, 4) is 0 Å². The van der Waals surface area contributed by atoms with Gasteiger partial charge in [-0.1, -0.05) is 18.2 Å². The van der Waals surface area contributed by atoms with Gasteiger partial charge in [0.2, 0.25) is 0 Å². The van der Waals surface area contributed by atoms with Crippen LogP contribution < -0.4 is 0 Å². The first-order valence-corrected chi connectivity index (χ1v) is 4.88. The third-order valence-corrected chi connectivity index (χ3v) is 2.66. The Bertz CT molecular complexity index is 325. The van der Waals surface area contributed by atoms with E-state index in [0.717, 1.165) is 25.2 Å². The molecule has 0 atom stereocenters. The molecule has 1 aliphatic rings. The van der Waals surface area contributed by atoms with Crippen LogP contribution in [0.3, 0.4) is 0 Å². The van der Waals surface area contributed by atoms with Crippen LogP contribution in [0.1, 0.15) is 16.7 Å². The average molecular weight is 193 g/mol. The maximum atomic E-state index is 8.98. The van der Waals surface area contributed by atoms with Crippen LogP contribution in [0.4, 0.5) is 0 Å². The predicted octanol–water partition coefficient (Wildman–Crippen LogP) is 0.487. The molecule has 0 unspecified atom stereocenters. The number of hydrogen-bond acceptors (Lipinski definition) is 3. The lowest BCUT2D eigenvalue weighted by Gasteiger charge is -2.11. The van der Waals surface area contributed by atoms with Crippen molar-refractivity contribution in [2.45, 2.75) is 19.7 Å². The highest BCUT2D eigenvalue weighted by molar-refractivity contribution is 5.34. The highest BCUT2D eigenvalue weighted by atomic mass is 16.3. The average Bonchev–Trinajstić information content (AvgIpc) is 2.59. The van der Waals surface area contributed by atoms with Gasteiger partial charge in [-0.15, -0.1) is 0 Å². The third kappa shape index (κ3) is 1.80. The van der Waals surface area contributed by atoms with Crippen LogP contribution in [0.25, 0.3) is 0 Å². The van der Waals surface area contributed by atoms with Crippen molar-refractivity contribution >= 4 is 0 Å². The Morgan fingerprint density at radius 2 is 1.93 bits per heavy atom. The molecule has 0 radical (unpaired) electrons. The minimum atomic E-state index is 0.104. The van der Waals surface area contributed by atoms with Gasteiger partial charge < -0.3 is 10.2 Å². The smallest absolute Gasteiger partial charge is 0.0681 e. The van der Waals surface area contributed by atoms with Gasteiger partial charge in [-0.25, -0.2) is 0 Å². The molecular formula is C11H15NO2. The molecule has 0 aromatic heterocycles. The van der Waals surface area contributed by atoms with Crippen LogP contribution in [0.15, 0.2) is 18.2 Å². The van der Waals surface area contributed by atoms with Gasteiger partial charge in [0.25, 0.3) is 0 Å². The van der Waals surface area contributed by atoms with Crippen LogP contribution in [0.5, 0.6) is 0 Å². The summed E-state index contributed by atoms with van der Waals surface area (Å²) in [6, 6.07) is 6.08. The molecule has 0 bridgehead atoms. The van der Waals surface area contributed by atoms with E-state index in [-0.39, 0.29) is 13.2 Å². The molecule has 1 heterocycles. The summed E-state index contributed by atoms with van der Waals surface area (Å²) in [4.78, 5) is 2.20. The molecule has 2 rings (SSSR count). The molecule has 0 saturated carbocycles. The van der Waals surface area contributed by atoms with Gasteiger partial charge >= 0.3 is 0 Å². The Kier molecular flexibility index (Phi) is 2.82. The number of nitrogens with zero attached hydrogens (tertiary/aromatic N) is 1. The maximum absolute atomic E-state index is 8.98. The zero-order chi connectivity index (χ0) is 9.97. The number of aliphatic hydroxyl groups is 2. The molecule has 2 N–H and O–H groups in total. The maximum Gasteiger partial charge on any atom is 0.0681 e. The quantitative estimate of drug-likeness (QED) is 0.734. The summed E-state index contributed by atoms with van der Waals surface area (Å²) >= 11 is 0. The predicted molar refractivity (Wildman–Crippen MR) is 53.6 cm³/mol. The van der Waals surface area contributed by atoms with E-state index in [1.807, 2.05) is 12.1 Å². The lowest BCUT2D eigenvalue weighted by Crippen LogP contribution is -2.20. The number of rotatable bonds is 3. The van der Waals surface area contributed by atoms with E-state index in [1.54, 1.807) is 0 Å². The zero-order valence-corrected chi connectivity index (χ0v) is 8.11. The SMILES string of the molecule is OCCN1Cc2ccc(CO)cc2C1. The summed E-state index contributed by atoms with van der Waals surface area (Å²) in [5.41, 5.74) is 3.57. The third-order valence-electron chi connectivity index (χ3n) is 2.66. The fraction of sp³-hybridized carbons (Fsp3) is 0.455. The first-order valence-electron chi connectivity index (χ1n) is 4.88. The number of benzene rings is 1. The molecule has 0 fully saturated rings. The van der Waals surface area contributed by atoms with Crippen LogP contribution in [0, 0.1) is 0 Å². The van der Waals surface area contributed by atoms with Gasteiger partial charge in [-0.3, -0.25) is 4.90 Å². The molecule has 3 nitrogen and oxygen atoms in total. The first kappa shape index (κ1) is 9.65. The Balaban J connectivity index is 2.14. The Labute approximate surface area is 83.6 Å². The first-order chi connectivity index (χ1) is 6.83. The molecule has 1 aromatic rings. The van der Waals surface area contributed by atoms with Crippen LogP contribution >= 0.6 is 0 Å². The molecule has 0 spiro atoms. The van der Waals surface area contributed by atoms with Gasteiger partial charge in [0.05, 0.1) is 13.2 Å². The fourth-order valence-electron chi connectivity index (χ4n) is 1.92. The minimum Gasteiger partial charge on any atom is -0.395 e. The van der Waals surface area contributed by atoms with E-state index >= 15 is 0 Å². The molecule has 0 amide bonds. The second kappa shape index (κ2) is 4.09. The summed E-state index contributed by atoms with van der Waals surface area (Å²) in [6.45, 7) is 2.85. The van der Waals surface area contributed by atoms with Gasteiger partial charge in [0.1, 0.15) is 0 Å². The van der Waals surface area contributed by atoms with Gasteiger partial charge in [0.15, 0.2) is 0 Å². The van der Waals surface area contributed by atoms with Crippen molar-refractivity contribution < 1.29 is 10.2 Å². The Hall–Kier alpha value is -0.900. The molecule has 0 saturated heterocycles. The van der Waals surface area contributed by atoms with Crippen LogP contribution in [-0.2, 0) is 19.7 Å². The second-order valence-electron chi connectivity index (χ2n) is 3.70. The standard InChI is InChI=1S/C11H15NO2/c13-4-3-12-6-10-2-1-9(8-14)5-11(10)7-12/h1-2,5,13-14H,3-4,6-8H2. The van der Waals surface area contributed by atoms with Crippen molar-refractivity contribution in [2.24, 2.45) is 0 Å². The topological polar surface area (TPSA) is 43.7 Å². The molecule has 76 valence electrons. The van der Waals surface area contributed by atoms with Gasteiger partial charge in [-0.2, -0.15) is 0 Å². The van der Waals surface area contributed by atoms with E-state index in [1.165, 1.54) is 11.1 Å². The van der Waals surface area contributed by atoms with Crippen molar-refractivity contribution in [3.63, 3.8) is 0 Å². The minimum absolute atomic E-state index is 0.104. The van der Waals surface area contributed by atoms with E-state index < -0.39 is 0 Å². The van der Waals surface area contributed by atoms with E-state index in [0.29, 0.717) is 0 Å². The molecular weight excluding hydrogens is 178 g/mol. The second-order valence-corrected chi connectivity index (χ2v) is 3.70. The number of fused-ring (bicyclic) bond motifs is 1. The summed E-state index contributed by atoms with van der Waals surface area (Å²) in [5.74, 6) is 0. The summed E-state index contributed by atoms with van der Waals surface area (Å²) in [7, 11) is 0. The van der Waals surface area contributed by atoms with Crippen molar-refractivity contribution in [3.05, 3.63) is 34.9 Å². The monoisotopic (exact) mass is 193 g/mol. The summed E-state index contributed by atoms with van der Waals surface area (Å²) in [5, 5.41) is 17.8. The number of β-amino-alcohol motifs (C(OH)–C–C–N with tert-alkyl or cyclic N) is 1. The van der Waals surface area contributed by atoms with Gasteiger partial charge in [0, 0.05) is 19.6 Å². The van der Waals surface area contributed by atoms with E-state index in [2.05, 4.69) is 11.0 Å². The van der Waals surface area contributed by atoms with Crippen molar-refractivity contribution in [2.75, 3.05) is 13.2 Å². The number of hydrogen-bond donors (Lipinski definition) is 2. The Morgan fingerprint density at radius 1 is 1.14 bits per heavy atom. The van der Waals surface area contributed by atoms with Crippen LogP contribution in [0.2, 0.25) is 0 Å². The molecule has 1 aromatic carbocycles. The van der Waals surface area contributed by atoms with E-state index in [9.17, 15) is 0 Å². The largest absolute Gasteiger partial charge is 0.395 e. The zero-order valence-electron chi connectivity index (χ0n) is 8.11. The highest BCUT2D eigenvalue weighted by Gasteiger charge is 2.17.